The number of nitrogens with zero attached hydrogens (tertiary/aromatic N) is 1. The summed E-state index contributed by atoms with van der Waals surface area (Å²) >= 11 is 3.13. The molecule has 1 aromatic carbocycles. The first-order chi connectivity index (χ1) is 7.10. The van der Waals surface area contributed by atoms with E-state index in [1.165, 1.54) is 13.2 Å². The lowest BCUT2D eigenvalue weighted by Gasteiger charge is -2.11. The van der Waals surface area contributed by atoms with E-state index in [9.17, 15) is 10.2 Å². The number of aliphatic hydroxyl groups excluding tert-OH is 1. The van der Waals surface area contributed by atoms with Gasteiger partial charge in [-0.3, -0.25) is 0 Å². The molecule has 0 saturated carbocycles. The van der Waals surface area contributed by atoms with Crippen LogP contribution in [0, 0.1) is 11.3 Å². The van der Waals surface area contributed by atoms with Crippen molar-refractivity contribution < 1.29 is 14.9 Å². The van der Waals surface area contributed by atoms with Crippen molar-refractivity contribution in [3.05, 3.63) is 22.2 Å². The number of phenols is 1. The minimum absolute atomic E-state index is 0.000367. The zero-order valence-corrected chi connectivity index (χ0v) is 9.65. The largest absolute Gasteiger partial charge is 0.503 e. The fourth-order valence-electron chi connectivity index (χ4n) is 1.15. The molecule has 0 amide bonds. The molecule has 0 saturated heterocycles. The molecule has 0 aliphatic heterocycles. The third kappa shape index (κ3) is 2.61. The van der Waals surface area contributed by atoms with Crippen molar-refractivity contribution in [1.29, 1.82) is 5.26 Å². The zero-order valence-electron chi connectivity index (χ0n) is 8.07. The highest BCUT2D eigenvalue weighted by atomic mass is 79.9. The molecule has 15 heavy (non-hydrogen) atoms. The van der Waals surface area contributed by atoms with Gasteiger partial charge in [0.15, 0.2) is 11.5 Å². The SMILES string of the molecule is COc1cc(C(O)CC#N)cc(Br)c1O. The van der Waals surface area contributed by atoms with E-state index in [2.05, 4.69) is 15.9 Å². The van der Waals surface area contributed by atoms with Gasteiger partial charge in [-0.1, -0.05) is 0 Å². The zero-order chi connectivity index (χ0) is 11.4. The van der Waals surface area contributed by atoms with Gasteiger partial charge in [0.05, 0.1) is 30.2 Å². The predicted molar refractivity (Wildman–Crippen MR) is 57.5 cm³/mol. The van der Waals surface area contributed by atoms with Gasteiger partial charge in [-0.05, 0) is 33.6 Å². The molecular formula is C10H10BrNO3. The van der Waals surface area contributed by atoms with E-state index in [0.717, 1.165) is 0 Å². The van der Waals surface area contributed by atoms with Crippen LogP contribution in [0.1, 0.15) is 18.1 Å². The molecule has 5 heteroatoms. The maximum atomic E-state index is 9.58. The van der Waals surface area contributed by atoms with Gasteiger partial charge in [-0.2, -0.15) is 5.26 Å². The molecule has 0 radical (unpaired) electrons. The number of ether oxygens (including phenoxy) is 1. The van der Waals surface area contributed by atoms with Gasteiger partial charge in [0.1, 0.15) is 0 Å². The number of aliphatic hydroxyl groups is 1. The van der Waals surface area contributed by atoms with E-state index in [1.54, 1.807) is 6.07 Å². The van der Waals surface area contributed by atoms with E-state index in [4.69, 9.17) is 10.00 Å². The molecule has 80 valence electrons. The van der Waals surface area contributed by atoms with Crippen LogP contribution in [0.2, 0.25) is 0 Å². The third-order valence-electron chi connectivity index (χ3n) is 1.94. The maximum absolute atomic E-state index is 9.58. The second kappa shape index (κ2) is 5.01. The molecular weight excluding hydrogens is 262 g/mol. The Morgan fingerprint density at radius 1 is 1.60 bits per heavy atom. The van der Waals surface area contributed by atoms with Gasteiger partial charge in [-0.25, -0.2) is 0 Å². The quantitative estimate of drug-likeness (QED) is 0.883. The summed E-state index contributed by atoms with van der Waals surface area (Å²) in [4.78, 5) is 0. The summed E-state index contributed by atoms with van der Waals surface area (Å²) in [6, 6.07) is 4.93. The van der Waals surface area contributed by atoms with E-state index in [1.807, 2.05) is 6.07 Å². The first-order valence-corrected chi connectivity index (χ1v) is 5.00. The molecule has 0 aliphatic carbocycles. The molecule has 1 aromatic rings. The van der Waals surface area contributed by atoms with Gasteiger partial charge in [0, 0.05) is 0 Å². The van der Waals surface area contributed by atoms with Crippen molar-refractivity contribution in [3.63, 3.8) is 0 Å². The number of hydrogen-bond donors (Lipinski definition) is 2. The Kier molecular flexibility index (Phi) is 3.95. The maximum Gasteiger partial charge on any atom is 0.172 e. The lowest BCUT2D eigenvalue weighted by atomic mass is 10.1. The molecule has 0 aromatic heterocycles. The molecule has 0 bridgehead atoms. The molecule has 2 N–H and O–H groups in total. The Morgan fingerprint density at radius 2 is 2.27 bits per heavy atom. The second-order valence-corrected chi connectivity index (χ2v) is 3.79. The number of methoxy groups -OCH3 is 1. The van der Waals surface area contributed by atoms with Crippen LogP contribution in [0.15, 0.2) is 16.6 Å². The van der Waals surface area contributed by atoms with E-state index < -0.39 is 6.10 Å². The average Bonchev–Trinajstić information content (AvgIpc) is 2.22. The average molecular weight is 272 g/mol. The minimum atomic E-state index is -0.874. The monoisotopic (exact) mass is 271 g/mol. The van der Waals surface area contributed by atoms with Crippen molar-refractivity contribution in [2.75, 3.05) is 7.11 Å². The highest BCUT2D eigenvalue weighted by Gasteiger charge is 2.13. The summed E-state index contributed by atoms with van der Waals surface area (Å²) in [7, 11) is 1.42. The standard InChI is InChI=1S/C10H10BrNO3/c1-15-9-5-6(8(13)2-3-12)4-7(11)10(9)14/h4-5,8,13-14H,2H2,1H3. The first-order valence-electron chi connectivity index (χ1n) is 4.21. The second-order valence-electron chi connectivity index (χ2n) is 2.93. The molecule has 0 spiro atoms. The van der Waals surface area contributed by atoms with Crippen molar-refractivity contribution in [1.82, 2.24) is 0 Å². The Morgan fingerprint density at radius 3 is 2.80 bits per heavy atom. The van der Waals surface area contributed by atoms with Crippen molar-refractivity contribution in [3.8, 4) is 17.6 Å². The molecule has 4 nitrogen and oxygen atoms in total. The summed E-state index contributed by atoms with van der Waals surface area (Å²) in [6.07, 6.45) is -0.874. The fourth-order valence-corrected chi connectivity index (χ4v) is 1.61. The molecule has 1 unspecified atom stereocenters. The summed E-state index contributed by atoms with van der Waals surface area (Å²) in [6.45, 7) is 0. The van der Waals surface area contributed by atoms with E-state index >= 15 is 0 Å². The summed E-state index contributed by atoms with van der Waals surface area (Å²) in [5.74, 6) is 0.238. The number of nitriles is 1. The Labute approximate surface area is 95.9 Å². The van der Waals surface area contributed by atoms with Crippen LogP contribution in [-0.4, -0.2) is 17.3 Å². The summed E-state index contributed by atoms with van der Waals surface area (Å²) in [5.41, 5.74) is 0.526. The molecule has 0 heterocycles. The lowest BCUT2D eigenvalue weighted by molar-refractivity contribution is 0.182. The van der Waals surface area contributed by atoms with Gasteiger partial charge < -0.3 is 14.9 Å². The highest BCUT2D eigenvalue weighted by molar-refractivity contribution is 9.10. The van der Waals surface area contributed by atoms with Crippen molar-refractivity contribution in [2.24, 2.45) is 0 Å². The van der Waals surface area contributed by atoms with E-state index in [-0.39, 0.29) is 17.9 Å². The lowest BCUT2D eigenvalue weighted by Crippen LogP contribution is -1.97. The van der Waals surface area contributed by atoms with Crippen molar-refractivity contribution in [2.45, 2.75) is 12.5 Å². The summed E-state index contributed by atoms with van der Waals surface area (Å²) < 4.78 is 5.35. The van der Waals surface area contributed by atoms with Crippen LogP contribution in [0.4, 0.5) is 0 Å². The fraction of sp³-hybridized carbons (Fsp3) is 0.300. The Balaban J connectivity index is 3.11. The third-order valence-corrected chi connectivity index (χ3v) is 2.54. The number of aromatic hydroxyl groups is 1. The first kappa shape index (κ1) is 11.8. The van der Waals surface area contributed by atoms with Crippen LogP contribution < -0.4 is 4.74 Å². The van der Waals surface area contributed by atoms with Crippen LogP contribution in [0.3, 0.4) is 0 Å². The van der Waals surface area contributed by atoms with Crippen LogP contribution in [0.5, 0.6) is 11.5 Å². The smallest absolute Gasteiger partial charge is 0.172 e. The van der Waals surface area contributed by atoms with Gasteiger partial charge in [-0.15, -0.1) is 0 Å². The molecule has 1 rings (SSSR count). The minimum Gasteiger partial charge on any atom is -0.503 e. The Hall–Kier alpha value is -1.25. The molecule has 0 fully saturated rings. The number of rotatable bonds is 3. The predicted octanol–water partition coefficient (Wildman–Crippen LogP) is 2.11. The van der Waals surface area contributed by atoms with Gasteiger partial charge in [0.25, 0.3) is 0 Å². The van der Waals surface area contributed by atoms with Gasteiger partial charge >= 0.3 is 0 Å². The number of halogens is 1. The normalized spacial score (nSPS) is 11.9. The molecule has 1 atom stereocenters. The van der Waals surface area contributed by atoms with Crippen LogP contribution in [0.25, 0.3) is 0 Å². The Bertz CT molecular complexity index is 400. The number of phenolic OH excluding ortho intramolecular Hbond substituents is 1. The van der Waals surface area contributed by atoms with Gasteiger partial charge in [0.2, 0.25) is 0 Å². The number of hydrogen-bond acceptors (Lipinski definition) is 4. The van der Waals surface area contributed by atoms with E-state index in [0.29, 0.717) is 10.0 Å². The van der Waals surface area contributed by atoms with Crippen LogP contribution in [-0.2, 0) is 0 Å². The summed E-state index contributed by atoms with van der Waals surface area (Å²) in [5, 5.41) is 27.5. The van der Waals surface area contributed by atoms with Crippen LogP contribution >= 0.6 is 15.9 Å². The topological polar surface area (TPSA) is 73.5 Å². The number of benzene rings is 1. The highest BCUT2D eigenvalue weighted by Crippen LogP contribution is 2.37. The van der Waals surface area contributed by atoms with Crippen molar-refractivity contribution >= 4 is 15.9 Å². The molecule has 0 aliphatic rings.